The van der Waals surface area contributed by atoms with Gasteiger partial charge in [-0.15, -0.1) is 0 Å². The standard InChI is InChI=1S/C13H16N2OS/c1-16-12-2-3-13(14)11(6-12)8-15-7-10-4-5-17-9-10/h2-6,9,15H,7-8,14H2,1H3. The van der Waals surface area contributed by atoms with Crippen LogP contribution in [0.1, 0.15) is 11.1 Å². The maximum atomic E-state index is 5.91. The molecule has 4 heteroatoms. The molecular weight excluding hydrogens is 232 g/mol. The van der Waals surface area contributed by atoms with Gasteiger partial charge >= 0.3 is 0 Å². The minimum atomic E-state index is 0.749. The van der Waals surface area contributed by atoms with Crippen molar-refractivity contribution in [3.05, 3.63) is 46.2 Å². The number of hydrogen-bond donors (Lipinski definition) is 2. The molecule has 0 radical (unpaired) electrons. The van der Waals surface area contributed by atoms with Crippen molar-refractivity contribution in [2.24, 2.45) is 0 Å². The van der Waals surface area contributed by atoms with E-state index in [0.717, 1.165) is 30.1 Å². The normalized spacial score (nSPS) is 10.4. The summed E-state index contributed by atoms with van der Waals surface area (Å²) in [6.07, 6.45) is 0. The molecule has 2 aromatic rings. The zero-order valence-corrected chi connectivity index (χ0v) is 10.6. The molecule has 0 aliphatic carbocycles. The number of anilines is 1. The summed E-state index contributed by atoms with van der Waals surface area (Å²) in [6, 6.07) is 7.83. The first-order valence-corrected chi connectivity index (χ1v) is 6.38. The van der Waals surface area contributed by atoms with Gasteiger partial charge < -0.3 is 15.8 Å². The van der Waals surface area contributed by atoms with E-state index in [0.29, 0.717) is 0 Å². The summed E-state index contributed by atoms with van der Waals surface area (Å²) < 4.78 is 5.18. The Kier molecular flexibility index (Phi) is 4.01. The molecule has 0 saturated carbocycles. The Morgan fingerprint density at radius 3 is 2.88 bits per heavy atom. The Morgan fingerprint density at radius 2 is 2.18 bits per heavy atom. The quantitative estimate of drug-likeness (QED) is 0.800. The average molecular weight is 248 g/mol. The molecule has 0 aliphatic heterocycles. The fourth-order valence-electron chi connectivity index (χ4n) is 1.60. The van der Waals surface area contributed by atoms with E-state index in [-0.39, 0.29) is 0 Å². The predicted octanol–water partition coefficient (Wildman–Crippen LogP) is 2.63. The Balaban J connectivity index is 1.94. The second-order valence-corrected chi connectivity index (χ2v) is 4.58. The maximum absolute atomic E-state index is 5.91. The molecule has 3 nitrogen and oxygen atoms in total. The largest absolute Gasteiger partial charge is 0.497 e. The minimum Gasteiger partial charge on any atom is -0.497 e. The van der Waals surface area contributed by atoms with Crippen molar-refractivity contribution in [3.63, 3.8) is 0 Å². The summed E-state index contributed by atoms with van der Waals surface area (Å²) in [5.74, 6) is 0.839. The molecule has 1 heterocycles. The zero-order valence-electron chi connectivity index (χ0n) is 9.77. The van der Waals surface area contributed by atoms with Crippen LogP contribution in [0.5, 0.6) is 5.75 Å². The van der Waals surface area contributed by atoms with Crippen LogP contribution >= 0.6 is 11.3 Å². The monoisotopic (exact) mass is 248 g/mol. The summed E-state index contributed by atoms with van der Waals surface area (Å²) in [5, 5.41) is 7.59. The van der Waals surface area contributed by atoms with Crippen LogP contribution in [0.25, 0.3) is 0 Å². The fraction of sp³-hybridized carbons (Fsp3) is 0.231. The van der Waals surface area contributed by atoms with E-state index in [1.54, 1.807) is 18.4 Å². The highest BCUT2D eigenvalue weighted by Crippen LogP contribution is 2.19. The van der Waals surface area contributed by atoms with Gasteiger partial charge in [0.1, 0.15) is 5.75 Å². The first-order valence-electron chi connectivity index (χ1n) is 5.44. The number of thiophene rings is 1. The van der Waals surface area contributed by atoms with Gasteiger partial charge in [0.2, 0.25) is 0 Å². The van der Waals surface area contributed by atoms with E-state index < -0.39 is 0 Å². The predicted molar refractivity (Wildman–Crippen MR) is 72.3 cm³/mol. The summed E-state index contributed by atoms with van der Waals surface area (Å²) >= 11 is 1.71. The molecule has 0 amide bonds. The van der Waals surface area contributed by atoms with Gasteiger partial charge in [0.15, 0.2) is 0 Å². The number of ether oxygens (including phenoxy) is 1. The number of nitrogens with one attached hydrogen (secondary N) is 1. The highest BCUT2D eigenvalue weighted by Gasteiger charge is 2.01. The van der Waals surface area contributed by atoms with Gasteiger partial charge in [-0.3, -0.25) is 0 Å². The van der Waals surface area contributed by atoms with Gasteiger partial charge in [-0.05, 0) is 46.2 Å². The van der Waals surface area contributed by atoms with E-state index >= 15 is 0 Å². The lowest BCUT2D eigenvalue weighted by molar-refractivity contribution is 0.414. The van der Waals surface area contributed by atoms with Crippen LogP contribution in [0, 0.1) is 0 Å². The molecule has 0 atom stereocenters. The third-order valence-corrected chi connectivity index (χ3v) is 3.31. The van der Waals surface area contributed by atoms with Gasteiger partial charge in [0.25, 0.3) is 0 Å². The van der Waals surface area contributed by atoms with Gasteiger partial charge in [0, 0.05) is 18.8 Å². The van der Waals surface area contributed by atoms with Crippen molar-refractivity contribution in [1.82, 2.24) is 5.32 Å². The molecule has 0 aliphatic rings. The first-order chi connectivity index (χ1) is 8.29. The van der Waals surface area contributed by atoms with Crippen molar-refractivity contribution in [2.75, 3.05) is 12.8 Å². The number of nitrogens with two attached hydrogens (primary N) is 1. The van der Waals surface area contributed by atoms with Crippen molar-refractivity contribution < 1.29 is 4.74 Å². The number of methoxy groups -OCH3 is 1. The Morgan fingerprint density at radius 1 is 1.29 bits per heavy atom. The molecule has 2 rings (SSSR count). The van der Waals surface area contributed by atoms with E-state index in [4.69, 9.17) is 10.5 Å². The van der Waals surface area contributed by atoms with Gasteiger partial charge in [-0.2, -0.15) is 11.3 Å². The third kappa shape index (κ3) is 3.22. The molecule has 0 unspecified atom stereocenters. The van der Waals surface area contributed by atoms with Gasteiger partial charge in [-0.1, -0.05) is 0 Å². The van der Waals surface area contributed by atoms with Crippen molar-refractivity contribution in [2.45, 2.75) is 13.1 Å². The van der Waals surface area contributed by atoms with E-state index in [9.17, 15) is 0 Å². The van der Waals surface area contributed by atoms with Crippen molar-refractivity contribution in [1.29, 1.82) is 0 Å². The summed E-state index contributed by atoms with van der Waals surface area (Å²) in [5.41, 5.74) is 9.08. The molecule has 0 bridgehead atoms. The van der Waals surface area contributed by atoms with Crippen LogP contribution in [0.2, 0.25) is 0 Å². The van der Waals surface area contributed by atoms with E-state index in [1.165, 1.54) is 5.56 Å². The van der Waals surface area contributed by atoms with E-state index in [2.05, 4.69) is 22.1 Å². The minimum absolute atomic E-state index is 0.749. The topological polar surface area (TPSA) is 47.3 Å². The van der Waals surface area contributed by atoms with Gasteiger partial charge in [0.05, 0.1) is 7.11 Å². The van der Waals surface area contributed by atoms with E-state index in [1.807, 2.05) is 18.2 Å². The van der Waals surface area contributed by atoms with Crippen LogP contribution in [-0.2, 0) is 13.1 Å². The summed E-state index contributed by atoms with van der Waals surface area (Å²) in [6.45, 7) is 1.61. The number of hydrogen-bond acceptors (Lipinski definition) is 4. The Bertz CT molecular complexity index is 468. The lowest BCUT2D eigenvalue weighted by Gasteiger charge is -2.09. The second kappa shape index (κ2) is 5.70. The highest BCUT2D eigenvalue weighted by molar-refractivity contribution is 7.07. The smallest absolute Gasteiger partial charge is 0.119 e. The highest BCUT2D eigenvalue weighted by atomic mass is 32.1. The van der Waals surface area contributed by atoms with Crippen LogP contribution in [-0.4, -0.2) is 7.11 Å². The molecule has 0 spiro atoms. The molecule has 3 N–H and O–H groups in total. The molecule has 17 heavy (non-hydrogen) atoms. The zero-order chi connectivity index (χ0) is 12.1. The fourth-order valence-corrected chi connectivity index (χ4v) is 2.27. The average Bonchev–Trinajstić information content (AvgIpc) is 2.84. The molecule has 1 aromatic heterocycles. The SMILES string of the molecule is COc1ccc(N)c(CNCc2ccsc2)c1. The van der Waals surface area contributed by atoms with Crippen LogP contribution in [0.15, 0.2) is 35.0 Å². The molecular formula is C13H16N2OS. The summed E-state index contributed by atoms with van der Waals surface area (Å²) in [7, 11) is 1.66. The maximum Gasteiger partial charge on any atom is 0.119 e. The molecule has 90 valence electrons. The summed E-state index contributed by atoms with van der Waals surface area (Å²) in [4.78, 5) is 0. The Labute approximate surface area is 105 Å². The Hall–Kier alpha value is -1.52. The molecule has 0 fully saturated rings. The second-order valence-electron chi connectivity index (χ2n) is 3.80. The van der Waals surface area contributed by atoms with Crippen LogP contribution < -0.4 is 15.8 Å². The molecule has 0 saturated heterocycles. The number of nitrogen functional groups attached to an aromatic ring is 1. The van der Waals surface area contributed by atoms with Crippen molar-refractivity contribution >= 4 is 17.0 Å². The first kappa shape index (κ1) is 12.0. The lowest BCUT2D eigenvalue weighted by Crippen LogP contribution is -2.13. The van der Waals surface area contributed by atoms with Crippen molar-refractivity contribution in [3.8, 4) is 5.75 Å². The van der Waals surface area contributed by atoms with Gasteiger partial charge in [-0.25, -0.2) is 0 Å². The van der Waals surface area contributed by atoms with Crippen LogP contribution in [0.3, 0.4) is 0 Å². The third-order valence-electron chi connectivity index (χ3n) is 2.57. The lowest BCUT2D eigenvalue weighted by atomic mass is 10.1. The number of benzene rings is 1. The van der Waals surface area contributed by atoms with Crippen LogP contribution in [0.4, 0.5) is 5.69 Å². The molecule has 1 aromatic carbocycles. The number of rotatable bonds is 5.